The minimum Gasteiger partial charge on any atom is -0.424 e. The summed E-state index contributed by atoms with van der Waals surface area (Å²) < 4.78 is 40.8. The second kappa shape index (κ2) is 10.8. The first-order chi connectivity index (χ1) is 17.8. The maximum atomic E-state index is 13.1. The fourth-order valence-corrected chi connectivity index (χ4v) is 7.14. The van der Waals surface area contributed by atoms with Crippen molar-refractivity contribution < 1.29 is 13.2 Å². The van der Waals surface area contributed by atoms with Crippen LogP contribution in [0.25, 0.3) is 10.6 Å². The van der Waals surface area contributed by atoms with Crippen molar-refractivity contribution >= 4 is 38.6 Å². The first kappa shape index (κ1) is 25.7. The second-order valence-corrected chi connectivity index (χ2v) is 12.4. The second-order valence-electron chi connectivity index (χ2n) is 8.73. The lowest BCUT2D eigenvalue weighted by Crippen LogP contribution is -2.44. The maximum absolute atomic E-state index is 13.1. The highest BCUT2D eigenvalue weighted by Gasteiger charge is 2.26. The van der Waals surface area contributed by atoms with Crippen molar-refractivity contribution in [2.45, 2.75) is 30.6 Å². The molecule has 196 valence electrons. The number of benzene rings is 1. The molecule has 0 spiro atoms. The van der Waals surface area contributed by atoms with Crippen molar-refractivity contribution in [2.24, 2.45) is 0 Å². The molecular formula is C23H28N8O3S3. The fraction of sp³-hybridized carbons (Fsp3) is 0.391. The van der Waals surface area contributed by atoms with Crippen molar-refractivity contribution in [3.05, 3.63) is 47.6 Å². The number of aromatic nitrogens is 5. The lowest BCUT2D eigenvalue weighted by atomic mass is 10.2. The molecule has 0 amide bonds. The van der Waals surface area contributed by atoms with E-state index in [0.717, 1.165) is 48.1 Å². The predicted octanol–water partition coefficient (Wildman–Crippen LogP) is 3.46. The third kappa shape index (κ3) is 5.67. The van der Waals surface area contributed by atoms with Crippen LogP contribution in [-0.4, -0.2) is 70.9 Å². The zero-order valence-electron chi connectivity index (χ0n) is 20.7. The molecule has 14 heteroatoms. The van der Waals surface area contributed by atoms with Crippen molar-refractivity contribution in [1.82, 2.24) is 34.0 Å². The van der Waals surface area contributed by atoms with Crippen molar-refractivity contribution in [2.75, 3.05) is 38.1 Å². The Kier molecular flexibility index (Phi) is 7.53. The normalized spacial score (nSPS) is 15.7. The number of thiophene rings is 1. The molecule has 4 aromatic rings. The van der Waals surface area contributed by atoms with Gasteiger partial charge in [-0.05, 0) is 56.7 Å². The molecule has 1 atom stereocenters. The Morgan fingerprint density at radius 1 is 1.11 bits per heavy atom. The van der Waals surface area contributed by atoms with E-state index in [1.54, 1.807) is 29.0 Å². The molecule has 0 aliphatic carbocycles. The highest BCUT2D eigenvalue weighted by Crippen LogP contribution is 2.31. The van der Waals surface area contributed by atoms with E-state index in [9.17, 15) is 8.42 Å². The van der Waals surface area contributed by atoms with Gasteiger partial charge in [-0.2, -0.15) is 4.72 Å². The van der Waals surface area contributed by atoms with Gasteiger partial charge in [0.15, 0.2) is 5.82 Å². The molecule has 1 fully saturated rings. The van der Waals surface area contributed by atoms with Gasteiger partial charge < -0.3 is 14.5 Å². The monoisotopic (exact) mass is 560 g/mol. The Bertz CT molecular complexity index is 1440. The van der Waals surface area contributed by atoms with E-state index in [-0.39, 0.29) is 4.21 Å². The van der Waals surface area contributed by atoms with Gasteiger partial charge in [0, 0.05) is 49.9 Å². The van der Waals surface area contributed by atoms with Crippen LogP contribution < -0.4 is 14.4 Å². The van der Waals surface area contributed by atoms with E-state index in [2.05, 4.69) is 47.4 Å². The van der Waals surface area contributed by atoms with E-state index in [1.165, 1.54) is 11.5 Å². The molecule has 3 aromatic heterocycles. The average Bonchev–Trinajstić information content (AvgIpc) is 3.65. The standard InChI is InChI=1S/C23H28N8O3S3/c1-4-31-22(16(2)27-37(32,33)21-9-8-20(36-21)19-15-35-28-24-19)25-26-23(31)34-18-7-5-6-17(14-18)30-12-10-29(3)11-13-30/h5-9,14-16,27H,4,10-13H2,1-3H3/t16-/m1/s1. The van der Waals surface area contributed by atoms with Crippen LogP contribution >= 0.6 is 22.9 Å². The summed E-state index contributed by atoms with van der Waals surface area (Å²) >= 11 is 2.36. The van der Waals surface area contributed by atoms with Gasteiger partial charge >= 0.3 is 6.01 Å². The third-order valence-corrected chi connectivity index (χ3v) is 9.78. The van der Waals surface area contributed by atoms with Gasteiger partial charge in [0.2, 0.25) is 0 Å². The van der Waals surface area contributed by atoms with Gasteiger partial charge in [-0.3, -0.25) is 4.57 Å². The lowest BCUT2D eigenvalue weighted by molar-refractivity contribution is 0.312. The van der Waals surface area contributed by atoms with Crippen LogP contribution in [-0.2, 0) is 16.6 Å². The molecule has 4 heterocycles. The highest BCUT2D eigenvalue weighted by molar-refractivity contribution is 7.91. The number of ether oxygens (including phenoxy) is 1. The molecule has 1 aromatic carbocycles. The lowest BCUT2D eigenvalue weighted by Gasteiger charge is -2.34. The number of anilines is 1. The molecule has 1 N–H and O–H groups in total. The van der Waals surface area contributed by atoms with E-state index in [1.807, 2.05) is 25.1 Å². The smallest absolute Gasteiger partial charge is 0.322 e. The molecule has 0 unspecified atom stereocenters. The number of hydrogen-bond acceptors (Lipinski definition) is 11. The highest BCUT2D eigenvalue weighted by atomic mass is 32.2. The van der Waals surface area contributed by atoms with E-state index in [4.69, 9.17) is 4.74 Å². The Hall–Kier alpha value is -2.91. The zero-order chi connectivity index (χ0) is 26.0. The summed E-state index contributed by atoms with van der Waals surface area (Å²) in [7, 11) is -1.65. The number of rotatable bonds is 9. The molecule has 1 aliphatic heterocycles. The summed E-state index contributed by atoms with van der Waals surface area (Å²) in [6.07, 6.45) is 0. The number of nitrogens with one attached hydrogen (secondary N) is 1. The van der Waals surface area contributed by atoms with Crippen LogP contribution in [0.5, 0.6) is 11.8 Å². The van der Waals surface area contributed by atoms with Crippen molar-refractivity contribution in [3.63, 3.8) is 0 Å². The summed E-state index contributed by atoms with van der Waals surface area (Å²) in [5.74, 6) is 1.12. The van der Waals surface area contributed by atoms with Gasteiger partial charge in [0.05, 0.1) is 10.9 Å². The van der Waals surface area contributed by atoms with Gasteiger partial charge in [0.1, 0.15) is 15.7 Å². The maximum Gasteiger partial charge on any atom is 0.322 e. The number of sulfonamides is 1. The first-order valence-corrected chi connectivity index (χ1v) is 15.0. The summed E-state index contributed by atoms with van der Waals surface area (Å²) in [5.41, 5.74) is 1.76. The van der Waals surface area contributed by atoms with Crippen LogP contribution in [0.4, 0.5) is 5.69 Å². The zero-order valence-corrected chi connectivity index (χ0v) is 23.2. The summed E-state index contributed by atoms with van der Waals surface area (Å²) in [6.45, 7) is 8.14. The molecule has 1 aliphatic rings. The van der Waals surface area contributed by atoms with Crippen LogP contribution in [0.3, 0.4) is 0 Å². The molecule has 5 rings (SSSR count). The summed E-state index contributed by atoms with van der Waals surface area (Å²) in [6, 6.07) is 10.9. The number of piperazine rings is 1. The van der Waals surface area contributed by atoms with E-state index >= 15 is 0 Å². The molecule has 0 saturated carbocycles. The molecule has 37 heavy (non-hydrogen) atoms. The largest absolute Gasteiger partial charge is 0.424 e. The van der Waals surface area contributed by atoms with Crippen LogP contribution in [0.2, 0.25) is 0 Å². The molecule has 0 radical (unpaired) electrons. The van der Waals surface area contributed by atoms with Gasteiger partial charge in [-0.15, -0.1) is 21.5 Å². The third-order valence-electron chi connectivity index (χ3n) is 6.13. The van der Waals surface area contributed by atoms with E-state index < -0.39 is 16.1 Å². The minimum absolute atomic E-state index is 0.196. The number of nitrogens with zero attached hydrogens (tertiary/aromatic N) is 7. The molecule has 0 bridgehead atoms. The Labute approximate surface area is 223 Å². The number of likely N-dealkylation sites (N-methyl/N-ethyl adjacent to an activating group) is 1. The molecule has 11 nitrogen and oxygen atoms in total. The number of hydrogen-bond donors (Lipinski definition) is 1. The van der Waals surface area contributed by atoms with Crippen molar-refractivity contribution in [1.29, 1.82) is 0 Å². The topological polar surface area (TPSA) is 118 Å². The van der Waals surface area contributed by atoms with Gasteiger partial charge in [-0.25, -0.2) is 8.42 Å². The Morgan fingerprint density at radius 3 is 2.65 bits per heavy atom. The Balaban J connectivity index is 1.31. The Morgan fingerprint density at radius 2 is 1.92 bits per heavy atom. The minimum atomic E-state index is -3.78. The van der Waals surface area contributed by atoms with Crippen LogP contribution in [0.15, 0.2) is 46.0 Å². The van der Waals surface area contributed by atoms with Gasteiger partial charge in [-0.1, -0.05) is 15.7 Å². The van der Waals surface area contributed by atoms with Crippen LogP contribution in [0.1, 0.15) is 25.7 Å². The van der Waals surface area contributed by atoms with E-state index in [0.29, 0.717) is 29.8 Å². The van der Waals surface area contributed by atoms with Crippen LogP contribution in [0, 0.1) is 0 Å². The quantitative estimate of drug-likeness (QED) is 0.328. The molecular weight excluding hydrogens is 533 g/mol. The first-order valence-electron chi connectivity index (χ1n) is 11.9. The summed E-state index contributed by atoms with van der Waals surface area (Å²) in [5, 5.41) is 14.3. The molecule has 1 saturated heterocycles. The predicted molar refractivity (Wildman–Crippen MR) is 144 cm³/mol. The van der Waals surface area contributed by atoms with Gasteiger partial charge in [0.25, 0.3) is 10.0 Å². The summed E-state index contributed by atoms with van der Waals surface area (Å²) in [4.78, 5) is 5.39. The average molecular weight is 561 g/mol. The fourth-order valence-electron chi connectivity index (χ4n) is 4.12. The van der Waals surface area contributed by atoms with Crippen molar-refractivity contribution in [3.8, 4) is 22.3 Å². The SMILES string of the molecule is CCn1c(Oc2cccc(N3CCN(C)CC3)c2)nnc1[C@@H](C)NS(=O)(=O)c1ccc(-c2csnn2)s1.